The lowest BCUT2D eigenvalue weighted by Crippen LogP contribution is -1.98. The molecule has 2 heterocycles. The predicted molar refractivity (Wildman–Crippen MR) is 114 cm³/mol. The standard InChI is InChI=1S/C21H17Cl2N3S/c1-13-10-19(27-12-16-8-9-17(22)11-18(16)23)26-21(24-13)20(14(2)25-26)15-6-4-3-5-7-15/h3-11H,12H2,1-2H3. The summed E-state index contributed by atoms with van der Waals surface area (Å²) in [5, 5.41) is 7.12. The zero-order valence-electron chi connectivity index (χ0n) is 14.9. The maximum absolute atomic E-state index is 6.32. The van der Waals surface area contributed by atoms with Crippen molar-refractivity contribution in [2.75, 3.05) is 0 Å². The first-order valence-corrected chi connectivity index (χ1v) is 10.3. The van der Waals surface area contributed by atoms with E-state index in [0.29, 0.717) is 10.0 Å². The predicted octanol–water partition coefficient (Wildman–Crippen LogP) is 6.61. The lowest BCUT2D eigenvalue weighted by atomic mass is 10.1. The van der Waals surface area contributed by atoms with Gasteiger partial charge in [-0.25, -0.2) is 9.50 Å². The van der Waals surface area contributed by atoms with E-state index in [1.54, 1.807) is 17.8 Å². The fourth-order valence-electron chi connectivity index (χ4n) is 3.05. The minimum absolute atomic E-state index is 0.645. The first kappa shape index (κ1) is 18.4. The fourth-order valence-corrected chi connectivity index (χ4v) is 4.66. The minimum atomic E-state index is 0.645. The van der Waals surface area contributed by atoms with Gasteiger partial charge in [-0.2, -0.15) is 5.10 Å². The van der Waals surface area contributed by atoms with Gasteiger partial charge in [-0.1, -0.05) is 59.6 Å². The second-order valence-corrected chi connectivity index (χ2v) is 8.16. The maximum atomic E-state index is 6.32. The van der Waals surface area contributed by atoms with Crippen LogP contribution in [-0.2, 0) is 5.75 Å². The average Bonchev–Trinajstić information content (AvgIpc) is 2.97. The number of hydrogen-bond acceptors (Lipinski definition) is 3. The molecule has 0 N–H and O–H groups in total. The molecule has 2 aromatic carbocycles. The van der Waals surface area contributed by atoms with Crippen LogP contribution in [0.25, 0.3) is 16.8 Å². The summed E-state index contributed by atoms with van der Waals surface area (Å²) in [7, 11) is 0. The van der Waals surface area contributed by atoms with Crippen LogP contribution < -0.4 is 0 Å². The Morgan fingerprint density at radius 2 is 1.78 bits per heavy atom. The highest BCUT2D eigenvalue weighted by Crippen LogP contribution is 2.33. The van der Waals surface area contributed by atoms with E-state index in [1.807, 2.05) is 48.7 Å². The van der Waals surface area contributed by atoms with Crippen LogP contribution in [-0.4, -0.2) is 14.6 Å². The van der Waals surface area contributed by atoms with Crippen molar-refractivity contribution in [3.05, 3.63) is 81.6 Å². The zero-order chi connectivity index (χ0) is 19.0. The summed E-state index contributed by atoms with van der Waals surface area (Å²) in [5.74, 6) is 0.730. The molecule has 6 heteroatoms. The Morgan fingerprint density at radius 1 is 1.00 bits per heavy atom. The van der Waals surface area contributed by atoms with Gasteiger partial charge in [0.15, 0.2) is 5.65 Å². The van der Waals surface area contributed by atoms with E-state index < -0.39 is 0 Å². The van der Waals surface area contributed by atoms with E-state index in [-0.39, 0.29) is 0 Å². The smallest absolute Gasteiger partial charge is 0.164 e. The molecule has 4 aromatic rings. The number of benzene rings is 2. The number of aromatic nitrogens is 3. The largest absolute Gasteiger partial charge is 0.233 e. The van der Waals surface area contributed by atoms with Gasteiger partial charge in [-0.05, 0) is 43.2 Å². The number of fused-ring (bicyclic) bond motifs is 1. The van der Waals surface area contributed by atoms with Gasteiger partial charge in [-0.15, -0.1) is 11.8 Å². The minimum Gasteiger partial charge on any atom is -0.233 e. The highest BCUT2D eigenvalue weighted by molar-refractivity contribution is 7.98. The summed E-state index contributed by atoms with van der Waals surface area (Å²) >= 11 is 14.0. The molecule has 0 atom stereocenters. The third-order valence-electron chi connectivity index (χ3n) is 4.31. The van der Waals surface area contributed by atoms with Crippen LogP contribution in [0, 0.1) is 13.8 Å². The molecule has 0 aliphatic heterocycles. The topological polar surface area (TPSA) is 30.2 Å². The van der Waals surface area contributed by atoms with Gasteiger partial charge in [0.05, 0.1) is 5.69 Å². The molecule has 3 nitrogen and oxygen atoms in total. The van der Waals surface area contributed by atoms with E-state index in [1.165, 1.54) is 0 Å². The van der Waals surface area contributed by atoms with Gasteiger partial charge < -0.3 is 0 Å². The van der Waals surface area contributed by atoms with Gasteiger partial charge in [0.1, 0.15) is 5.03 Å². The number of aryl methyl sites for hydroxylation is 2. The van der Waals surface area contributed by atoms with E-state index in [0.717, 1.165) is 44.5 Å². The molecule has 0 unspecified atom stereocenters. The van der Waals surface area contributed by atoms with E-state index in [4.69, 9.17) is 33.3 Å². The summed E-state index contributed by atoms with van der Waals surface area (Å²) in [6, 6.07) is 17.9. The summed E-state index contributed by atoms with van der Waals surface area (Å²) in [5.41, 5.74) is 6.05. The highest BCUT2D eigenvalue weighted by atomic mass is 35.5. The van der Waals surface area contributed by atoms with Crippen LogP contribution in [0.2, 0.25) is 10.0 Å². The molecule has 27 heavy (non-hydrogen) atoms. The van der Waals surface area contributed by atoms with Crippen molar-refractivity contribution in [2.45, 2.75) is 24.6 Å². The first-order valence-electron chi connectivity index (χ1n) is 8.52. The van der Waals surface area contributed by atoms with Crippen molar-refractivity contribution in [2.24, 2.45) is 0 Å². The monoisotopic (exact) mass is 413 g/mol. The van der Waals surface area contributed by atoms with Crippen LogP contribution >= 0.6 is 35.0 Å². The van der Waals surface area contributed by atoms with Crippen LogP contribution in [0.3, 0.4) is 0 Å². The molecular formula is C21H17Cl2N3S. The van der Waals surface area contributed by atoms with Crippen LogP contribution in [0.15, 0.2) is 59.6 Å². The van der Waals surface area contributed by atoms with Crippen molar-refractivity contribution in [1.82, 2.24) is 14.6 Å². The van der Waals surface area contributed by atoms with Gasteiger partial charge in [0.2, 0.25) is 0 Å². The van der Waals surface area contributed by atoms with Crippen molar-refractivity contribution in [1.29, 1.82) is 0 Å². The van der Waals surface area contributed by atoms with E-state index >= 15 is 0 Å². The van der Waals surface area contributed by atoms with E-state index in [9.17, 15) is 0 Å². The Morgan fingerprint density at radius 3 is 2.52 bits per heavy atom. The number of rotatable bonds is 4. The highest BCUT2D eigenvalue weighted by Gasteiger charge is 2.16. The van der Waals surface area contributed by atoms with Gasteiger partial charge in [0, 0.05) is 27.1 Å². The Hall–Kier alpha value is -2.01. The Bertz CT molecular complexity index is 1120. The first-order chi connectivity index (χ1) is 13.0. The number of nitrogens with zero attached hydrogens (tertiary/aromatic N) is 3. The third-order valence-corrected chi connectivity index (χ3v) is 5.94. The zero-order valence-corrected chi connectivity index (χ0v) is 17.2. The maximum Gasteiger partial charge on any atom is 0.164 e. The third kappa shape index (κ3) is 3.70. The average molecular weight is 414 g/mol. The van der Waals surface area contributed by atoms with Gasteiger partial charge in [0.25, 0.3) is 0 Å². The lowest BCUT2D eigenvalue weighted by Gasteiger charge is -2.08. The SMILES string of the molecule is Cc1cc(SCc2ccc(Cl)cc2Cl)n2nc(C)c(-c3ccccc3)c2n1. The second kappa shape index (κ2) is 7.55. The van der Waals surface area contributed by atoms with Crippen molar-refractivity contribution < 1.29 is 0 Å². The molecule has 0 radical (unpaired) electrons. The molecule has 0 spiro atoms. The molecule has 0 saturated heterocycles. The molecule has 0 amide bonds. The quantitative estimate of drug-likeness (QED) is 0.278. The van der Waals surface area contributed by atoms with Crippen LogP contribution in [0.4, 0.5) is 0 Å². The molecule has 0 bridgehead atoms. The summed E-state index contributed by atoms with van der Waals surface area (Å²) in [4.78, 5) is 4.76. The molecule has 0 aliphatic rings. The Balaban J connectivity index is 1.75. The van der Waals surface area contributed by atoms with E-state index in [2.05, 4.69) is 18.2 Å². The van der Waals surface area contributed by atoms with Crippen LogP contribution in [0.1, 0.15) is 17.0 Å². The molecule has 0 fully saturated rings. The summed E-state index contributed by atoms with van der Waals surface area (Å²) in [6.07, 6.45) is 0. The molecular weight excluding hydrogens is 397 g/mol. The van der Waals surface area contributed by atoms with Crippen molar-refractivity contribution >= 4 is 40.6 Å². The summed E-state index contributed by atoms with van der Waals surface area (Å²) in [6.45, 7) is 4.04. The number of thioether (sulfide) groups is 1. The normalized spacial score (nSPS) is 11.3. The van der Waals surface area contributed by atoms with Crippen molar-refractivity contribution in [3.63, 3.8) is 0 Å². The van der Waals surface area contributed by atoms with Crippen molar-refractivity contribution in [3.8, 4) is 11.1 Å². The fraction of sp³-hybridized carbons (Fsp3) is 0.143. The molecule has 0 aliphatic carbocycles. The Labute approximate surface area is 172 Å². The molecule has 2 aromatic heterocycles. The Kier molecular flexibility index (Phi) is 5.13. The second-order valence-electron chi connectivity index (χ2n) is 6.32. The number of hydrogen-bond donors (Lipinski definition) is 0. The number of halogens is 2. The molecule has 4 rings (SSSR count). The van der Waals surface area contributed by atoms with Gasteiger partial charge in [-0.3, -0.25) is 0 Å². The molecule has 0 saturated carbocycles. The molecule has 136 valence electrons. The van der Waals surface area contributed by atoms with Crippen LogP contribution in [0.5, 0.6) is 0 Å². The summed E-state index contributed by atoms with van der Waals surface area (Å²) < 4.78 is 1.93. The lowest BCUT2D eigenvalue weighted by molar-refractivity contribution is 0.821. The van der Waals surface area contributed by atoms with Gasteiger partial charge >= 0.3 is 0 Å².